The summed E-state index contributed by atoms with van der Waals surface area (Å²) in [6, 6.07) is 13.2. The largest absolute Gasteiger partial charge is 0.480 e. The van der Waals surface area contributed by atoms with Gasteiger partial charge in [-0.3, -0.25) is 14.5 Å². The van der Waals surface area contributed by atoms with E-state index in [4.69, 9.17) is 0 Å². The van der Waals surface area contributed by atoms with E-state index in [0.717, 1.165) is 5.56 Å². The van der Waals surface area contributed by atoms with E-state index in [1.807, 2.05) is 30.3 Å². The lowest BCUT2D eigenvalue weighted by molar-refractivity contribution is -0.143. The lowest BCUT2D eigenvalue weighted by Crippen LogP contribution is -2.57. The number of carboxylic acid groups (broad SMARTS) is 1. The smallest absolute Gasteiger partial charge is 0.326 e. The van der Waals surface area contributed by atoms with Crippen LogP contribution in [-0.4, -0.2) is 47.5 Å². The van der Waals surface area contributed by atoms with E-state index >= 15 is 0 Å². The van der Waals surface area contributed by atoms with Crippen molar-refractivity contribution in [1.82, 2.24) is 10.6 Å². The summed E-state index contributed by atoms with van der Waals surface area (Å²) in [4.78, 5) is 51.0. The van der Waals surface area contributed by atoms with Crippen molar-refractivity contribution in [3.05, 3.63) is 60.2 Å². The molecule has 2 atom stereocenters. The molecular weight excluding hydrogens is 412 g/mol. The summed E-state index contributed by atoms with van der Waals surface area (Å²) in [5.41, 5.74) is 1.80. The van der Waals surface area contributed by atoms with Crippen molar-refractivity contribution in [1.29, 1.82) is 0 Å². The fraction of sp³-hybridized carbons (Fsp3) is 0.304. The quantitative estimate of drug-likeness (QED) is 0.526. The van der Waals surface area contributed by atoms with Crippen LogP contribution in [0.2, 0.25) is 0 Å². The topological polar surface area (TPSA) is 128 Å². The van der Waals surface area contributed by atoms with E-state index in [0.29, 0.717) is 11.4 Å². The number of nitrogens with one attached hydrogen (secondary N) is 3. The molecular formula is C23H26N4O5. The number of aliphatic carboxylic acids is 1. The first-order chi connectivity index (χ1) is 15.3. The molecule has 0 spiro atoms. The van der Waals surface area contributed by atoms with Crippen LogP contribution in [0.1, 0.15) is 19.4 Å². The number of urea groups is 1. The molecule has 9 heteroatoms. The maximum Gasteiger partial charge on any atom is 0.326 e. The number of nitrogens with zero attached hydrogens (tertiary/aromatic N) is 1. The molecule has 2 unspecified atom stereocenters. The van der Waals surface area contributed by atoms with E-state index in [-0.39, 0.29) is 24.8 Å². The lowest BCUT2D eigenvalue weighted by atomic mass is 10.0. The van der Waals surface area contributed by atoms with Crippen molar-refractivity contribution in [2.45, 2.75) is 32.4 Å². The Labute approximate surface area is 185 Å². The highest BCUT2D eigenvalue weighted by Crippen LogP contribution is 2.28. The minimum Gasteiger partial charge on any atom is -0.480 e. The third-order valence-corrected chi connectivity index (χ3v) is 5.14. The molecule has 4 amide bonds. The van der Waals surface area contributed by atoms with Crippen molar-refractivity contribution in [3.63, 3.8) is 0 Å². The highest BCUT2D eigenvalue weighted by molar-refractivity contribution is 6.10. The molecule has 0 aliphatic carbocycles. The molecule has 0 radical (unpaired) electrons. The molecule has 0 saturated carbocycles. The van der Waals surface area contributed by atoms with E-state index in [1.165, 1.54) is 4.90 Å². The molecule has 3 rings (SSSR count). The highest BCUT2D eigenvalue weighted by atomic mass is 16.4. The number of rotatable bonds is 7. The Morgan fingerprint density at radius 1 is 1.03 bits per heavy atom. The fourth-order valence-corrected chi connectivity index (χ4v) is 3.47. The Morgan fingerprint density at radius 3 is 2.34 bits per heavy atom. The molecule has 1 aliphatic heterocycles. The van der Waals surface area contributed by atoms with Crippen LogP contribution in [0.3, 0.4) is 0 Å². The van der Waals surface area contributed by atoms with Gasteiger partial charge in [0.2, 0.25) is 11.8 Å². The molecule has 1 heterocycles. The second kappa shape index (κ2) is 9.95. The standard InChI is InChI=1S/C23H26N4O5/c1-14(2)20(22(30)31)26-21(29)17(12-15-8-4-3-5-9-15)25-23(32)27-13-19(28)24-16-10-6-7-11-18(16)27/h3-11,14,17,20H,12-13H2,1-2H3,(H,24,28)(H,25,32)(H,26,29)(H,30,31). The molecule has 9 nitrogen and oxygen atoms in total. The first-order valence-corrected chi connectivity index (χ1v) is 10.3. The van der Waals surface area contributed by atoms with Crippen LogP contribution in [-0.2, 0) is 20.8 Å². The summed E-state index contributed by atoms with van der Waals surface area (Å²) < 4.78 is 0. The van der Waals surface area contributed by atoms with Crippen LogP contribution >= 0.6 is 0 Å². The number of anilines is 2. The van der Waals surface area contributed by atoms with Gasteiger partial charge in [0.25, 0.3) is 0 Å². The van der Waals surface area contributed by atoms with E-state index in [1.54, 1.807) is 38.1 Å². The Kier molecular flexibility index (Phi) is 7.09. The molecule has 1 aliphatic rings. The molecule has 0 fully saturated rings. The molecule has 2 aromatic carbocycles. The summed E-state index contributed by atoms with van der Waals surface area (Å²) in [7, 11) is 0. The van der Waals surface area contributed by atoms with Gasteiger partial charge >= 0.3 is 12.0 Å². The minimum atomic E-state index is -1.15. The van der Waals surface area contributed by atoms with Crippen molar-refractivity contribution in [2.24, 2.45) is 5.92 Å². The normalized spacial score (nSPS) is 14.7. The second-order valence-electron chi connectivity index (χ2n) is 7.91. The van der Waals surface area contributed by atoms with Crippen molar-refractivity contribution >= 4 is 35.2 Å². The van der Waals surface area contributed by atoms with Crippen LogP contribution in [0.5, 0.6) is 0 Å². The van der Waals surface area contributed by atoms with Crippen LogP contribution in [0.4, 0.5) is 16.2 Å². The molecule has 4 N–H and O–H groups in total. The van der Waals surface area contributed by atoms with Gasteiger partial charge in [0.15, 0.2) is 0 Å². The summed E-state index contributed by atoms with van der Waals surface area (Å²) in [6.45, 7) is 3.17. The maximum absolute atomic E-state index is 13.1. The SMILES string of the molecule is CC(C)C(NC(=O)C(Cc1ccccc1)NC(=O)N1CC(=O)Nc2ccccc21)C(=O)O. The molecule has 2 aromatic rings. The lowest BCUT2D eigenvalue weighted by Gasteiger charge is -2.31. The predicted octanol–water partition coefficient (Wildman–Crippen LogP) is 1.99. The number of carboxylic acids is 1. The van der Waals surface area contributed by atoms with Crippen molar-refractivity contribution in [2.75, 3.05) is 16.8 Å². The van der Waals surface area contributed by atoms with Gasteiger partial charge < -0.3 is 21.1 Å². The van der Waals surface area contributed by atoms with Gasteiger partial charge in [-0.25, -0.2) is 9.59 Å². The van der Waals surface area contributed by atoms with Gasteiger partial charge in [-0.2, -0.15) is 0 Å². The summed E-state index contributed by atoms with van der Waals surface area (Å²) >= 11 is 0. The number of fused-ring (bicyclic) bond motifs is 1. The van der Waals surface area contributed by atoms with E-state index in [9.17, 15) is 24.3 Å². The molecule has 0 saturated heterocycles. The third-order valence-electron chi connectivity index (χ3n) is 5.14. The highest BCUT2D eigenvalue weighted by Gasteiger charge is 2.32. The number of benzene rings is 2. The van der Waals surface area contributed by atoms with Gasteiger partial charge in [-0.15, -0.1) is 0 Å². The predicted molar refractivity (Wildman–Crippen MR) is 119 cm³/mol. The number of hydrogen-bond donors (Lipinski definition) is 4. The Balaban J connectivity index is 1.83. The number of carbonyl (C=O) groups excluding carboxylic acids is 3. The number of carbonyl (C=O) groups is 4. The second-order valence-corrected chi connectivity index (χ2v) is 7.91. The van der Waals surface area contributed by atoms with Gasteiger partial charge in [0.1, 0.15) is 18.6 Å². The average Bonchev–Trinajstić information content (AvgIpc) is 2.76. The fourth-order valence-electron chi connectivity index (χ4n) is 3.47. The van der Waals surface area contributed by atoms with Crippen LogP contribution in [0.25, 0.3) is 0 Å². The van der Waals surface area contributed by atoms with Gasteiger partial charge in [-0.05, 0) is 23.6 Å². The third kappa shape index (κ3) is 5.42. The first-order valence-electron chi connectivity index (χ1n) is 10.3. The average molecular weight is 438 g/mol. The summed E-state index contributed by atoms with van der Waals surface area (Å²) in [6.07, 6.45) is 0.157. The molecule has 0 aromatic heterocycles. The van der Waals surface area contributed by atoms with Gasteiger partial charge in [0, 0.05) is 6.42 Å². The molecule has 32 heavy (non-hydrogen) atoms. The van der Waals surface area contributed by atoms with Gasteiger partial charge in [0.05, 0.1) is 11.4 Å². The number of hydrogen-bond acceptors (Lipinski definition) is 4. The Morgan fingerprint density at radius 2 is 1.69 bits per heavy atom. The number of amides is 4. The van der Waals surface area contributed by atoms with E-state index in [2.05, 4.69) is 16.0 Å². The van der Waals surface area contributed by atoms with Crippen molar-refractivity contribution in [3.8, 4) is 0 Å². The molecule has 168 valence electrons. The van der Waals surface area contributed by atoms with Gasteiger partial charge in [-0.1, -0.05) is 56.3 Å². The maximum atomic E-state index is 13.1. The van der Waals surface area contributed by atoms with E-state index < -0.39 is 30.0 Å². The Bertz CT molecular complexity index is 1010. The van der Waals surface area contributed by atoms with Crippen LogP contribution in [0.15, 0.2) is 54.6 Å². The Hall–Kier alpha value is -3.88. The minimum absolute atomic E-state index is 0.157. The zero-order valence-corrected chi connectivity index (χ0v) is 17.9. The van der Waals surface area contributed by atoms with Crippen molar-refractivity contribution < 1.29 is 24.3 Å². The first kappa shape index (κ1) is 22.8. The zero-order valence-electron chi connectivity index (χ0n) is 17.9. The van der Waals surface area contributed by atoms with Crippen LogP contribution in [0, 0.1) is 5.92 Å². The number of para-hydroxylation sites is 2. The molecule has 0 bridgehead atoms. The monoisotopic (exact) mass is 438 g/mol. The summed E-state index contributed by atoms with van der Waals surface area (Å²) in [5, 5.41) is 17.3. The van der Waals surface area contributed by atoms with Crippen LogP contribution < -0.4 is 20.9 Å². The zero-order chi connectivity index (χ0) is 23.3. The summed E-state index contributed by atoms with van der Waals surface area (Å²) in [5.74, 6) is -2.46.